The third kappa shape index (κ3) is 4.39. The van der Waals surface area contributed by atoms with E-state index in [2.05, 4.69) is 158 Å². The van der Waals surface area contributed by atoms with Crippen molar-refractivity contribution in [3.63, 3.8) is 0 Å². The van der Waals surface area contributed by atoms with Crippen molar-refractivity contribution in [2.24, 2.45) is 0 Å². The van der Waals surface area contributed by atoms with Gasteiger partial charge in [0.25, 0.3) is 0 Å². The van der Waals surface area contributed by atoms with E-state index < -0.39 is 0 Å². The Morgan fingerprint density at radius 1 is 0.547 bits per heavy atom. The van der Waals surface area contributed by atoms with Gasteiger partial charge in [0.2, 0.25) is 0 Å². The molecule has 3 aromatic heterocycles. The molecule has 53 heavy (non-hydrogen) atoms. The van der Waals surface area contributed by atoms with Gasteiger partial charge < -0.3 is 4.57 Å². The average Bonchev–Trinajstić information content (AvgIpc) is 3.84. The van der Waals surface area contributed by atoms with Crippen molar-refractivity contribution < 1.29 is 0 Å². The highest BCUT2D eigenvalue weighted by Gasteiger charge is 2.41. The Morgan fingerprint density at radius 3 is 1.91 bits per heavy atom. The molecule has 0 atom stereocenters. The summed E-state index contributed by atoms with van der Waals surface area (Å²) in [5.74, 6) is 0.720. The van der Waals surface area contributed by atoms with Crippen LogP contribution in [0, 0.1) is 0 Å². The summed E-state index contributed by atoms with van der Waals surface area (Å²) in [4.78, 5) is 10.1. The van der Waals surface area contributed by atoms with Crippen LogP contribution in [0.4, 0.5) is 0 Å². The molecule has 0 amide bonds. The van der Waals surface area contributed by atoms with Crippen LogP contribution in [-0.4, -0.2) is 14.5 Å². The molecular formula is C49H33N3S. The van der Waals surface area contributed by atoms with Gasteiger partial charge in [-0.3, -0.25) is 0 Å². The lowest BCUT2D eigenvalue weighted by molar-refractivity contribution is 0.664. The maximum atomic E-state index is 5.12. The first-order valence-electron chi connectivity index (χ1n) is 18.2. The van der Waals surface area contributed by atoms with Gasteiger partial charge in [-0.2, -0.15) is 0 Å². The molecule has 0 fully saturated rings. The average molecular weight is 696 g/mol. The molecule has 4 heteroatoms. The first-order valence-corrected chi connectivity index (χ1v) is 19.0. The van der Waals surface area contributed by atoms with Crippen LogP contribution in [0.2, 0.25) is 0 Å². The molecule has 0 radical (unpaired) electrons. The quantitative estimate of drug-likeness (QED) is 0.183. The third-order valence-corrected chi connectivity index (χ3v) is 12.4. The second kappa shape index (κ2) is 11.3. The minimum absolute atomic E-state index is 0.191. The number of aromatic nitrogens is 3. The highest BCUT2D eigenvalue weighted by molar-refractivity contribution is 7.26. The SMILES string of the molecule is CC1(C)c2ccccc2-c2c1c1c(c3ccccc3n1-c1ccc(-c3cc(-c4ccccc4)nc(-c4ccccc4)n3)cc1)c1c2sc2ccccc21. The highest BCUT2D eigenvalue weighted by Crippen LogP contribution is 2.58. The fraction of sp³-hybridized carbons (Fsp3) is 0.0612. The van der Waals surface area contributed by atoms with E-state index in [4.69, 9.17) is 9.97 Å². The predicted molar refractivity (Wildman–Crippen MR) is 223 cm³/mol. The lowest BCUT2D eigenvalue weighted by Crippen LogP contribution is -2.16. The molecule has 250 valence electrons. The van der Waals surface area contributed by atoms with Crippen LogP contribution in [0.1, 0.15) is 25.0 Å². The summed E-state index contributed by atoms with van der Waals surface area (Å²) < 4.78 is 5.24. The van der Waals surface area contributed by atoms with Crippen molar-refractivity contribution >= 4 is 53.3 Å². The minimum atomic E-state index is -0.191. The summed E-state index contributed by atoms with van der Waals surface area (Å²) >= 11 is 1.94. The van der Waals surface area contributed by atoms with Crippen LogP contribution in [0.5, 0.6) is 0 Å². The van der Waals surface area contributed by atoms with Gasteiger partial charge in [-0.05, 0) is 47.0 Å². The Bertz CT molecular complexity index is 3000. The molecule has 11 rings (SSSR count). The standard InChI is InChI=1S/C49H33N3S/c1-49(2)37-22-12-9-19-34(37)44-45(49)46-42(43-36-21-11-14-24-41(36)53-47(43)44)35-20-10-13-23-40(35)52(46)33-27-25-31(26-28-33)39-29-38(30-15-5-3-6-16-30)50-48(51-39)32-17-7-4-8-18-32/h3-29H,1-2H3. The molecule has 3 nitrogen and oxygen atoms in total. The third-order valence-electron chi connectivity index (χ3n) is 11.2. The molecule has 1 aliphatic carbocycles. The van der Waals surface area contributed by atoms with Crippen LogP contribution in [-0.2, 0) is 5.41 Å². The lowest BCUT2D eigenvalue weighted by atomic mass is 9.81. The molecule has 0 bridgehead atoms. The monoisotopic (exact) mass is 695 g/mol. The second-order valence-electron chi connectivity index (χ2n) is 14.5. The van der Waals surface area contributed by atoms with E-state index in [0.29, 0.717) is 0 Å². The summed E-state index contributed by atoms with van der Waals surface area (Å²) in [6.45, 7) is 4.82. The number of para-hydroxylation sites is 1. The Hall–Kier alpha value is -6.36. The zero-order chi connectivity index (χ0) is 35.3. The minimum Gasteiger partial charge on any atom is -0.309 e. The van der Waals surface area contributed by atoms with Gasteiger partial charge in [0.15, 0.2) is 5.82 Å². The maximum absolute atomic E-state index is 5.12. The van der Waals surface area contributed by atoms with Crippen LogP contribution in [0.25, 0.3) is 92.7 Å². The number of rotatable bonds is 4. The normalized spacial score (nSPS) is 13.2. The Kier molecular flexibility index (Phi) is 6.47. The van der Waals surface area contributed by atoms with Crippen molar-refractivity contribution in [2.45, 2.75) is 19.3 Å². The molecule has 1 aliphatic rings. The van der Waals surface area contributed by atoms with E-state index in [1.807, 2.05) is 35.6 Å². The smallest absolute Gasteiger partial charge is 0.160 e. The predicted octanol–water partition coefficient (Wildman–Crippen LogP) is 13.2. The summed E-state index contributed by atoms with van der Waals surface area (Å²) in [6, 6.07) is 58.7. The summed E-state index contributed by atoms with van der Waals surface area (Å²) in [6.07, 6.45) is 0. The van der Waals surface area contributed by atoms with Gasteiger partial charge in [0.05, 0.1) is 22.4 Å². The maximum Gasteiger partial charge on any atom is 0.160 e. The molecule has 3 heterocycles. The molecule has 0 saturated heterocycles. The number of hydrogen-bond donors (Lipinski definition) is 0. The van der Waals surface area contributed by atoms with Crippen molar-refractivity contribution in [1.82, 2.24) is 14.5 Å². The van der Waals surface area contributed by atoms with Crippen molar-refractivity contribution in [3.05, 3.63) is 175 Å². The largest absolute Gasteiger partial charge is 0.309 e. The number of benzene rings is 7. The molecule has 0 N–H and O–H groups in total. The molecular weight excluding hydrogens is 663 g/mol. The number of fused-ring (bicyclic) bond motifs is 12. The molecule has 10 aromatic rings. The van der Waals surface area contributed by atoms with Crippen LogP contribution in [0.3, 0.4) is 0 Å². The van der Waals surface area contributed by atoms with Gasteiger partial charge in [0, 0.05) is 64.3 Å². The van der Waals surface area contributed by atoms with Crippen molar-refractivity contribution in [2.75, 3.05) is 0 Å². The van der Waals surface area contributed by atoms with Crippen LogP contribution < -0.4 is 0 Å². The number of hydrogen-bond acceptors (Lipinski definition) is 3. The number of thiophene rings is 1. The van der Waals surface area contributed by atoms with Crippen molar-refractivity contribution in [3.8, 4) is 50.7 Å². The highest BCUT2D eigenvalue weighted by atomic mass is 32.1. The topological polar surface area (TPSA) is 30.7 Å². The summed E-state index contributed by atoms with van der Waals surface area (Å²) in [7, 11) is 0. The lowest BCUT2D eigenvalue weighted by Gasteiger charge is -2.24. The fourth-order valence-electron chi connectivity index (χ4n) is 8.80. The first kappa shape index (κ1) is 30.3. The molecule has 7 aromatic carbocycles. The molecule has 0 aliphatic heterocycles. The van der Waals surface area contributed by atoms with Crippen LogP contribution in [0.15, 0.2) is 164 Å². The Morgan fingerprint density at radius 2 is 1.15 bits per heavy atom. The molecule has 0 saturated carbocycles. The fourth-order valence-corrected chi connectivity index (χ4v) is 10.1. The first-order chi connectivity index (χ1) is 26.1. The van der Waals surface area contributed by atoms with Gasteiger partial charge in [0.1, 0.15) is 0 Å². The van der Waals surface area contributed by atoms with Gasteiger partial charge >= 0.3 is 0 Å². The van der Waals surface area contributed by atoms with E-state index >= 15 is 0 Å². The van der Waals surface area contributed by atoms with Gasteiger partial charge in [-0.1, -0.05) is 147 Å². The van der Waals surface area contributed by atoms with E-state index in [1.165, 1.54) is 64.2 Å². The number of nitrogens with zero attached hydrogens (tertiary/aromatic N) is 3. The zero-order valence-corrected chi connectivity index (χ0v) is 30.2. The van der Waals surface area contributed by atoms with E-state index in [1.54, 1.807) is 0 Å². The zero-order valence-electron chi connectivity index (χ0n) is 29.3. The molecule has 0 spiro atoms. The Labute approximate surface area is 311 Å². The van der Waals surface area contributed by atoms with Crippen LogP contribution >= 0.6 is 11.3 Å². The second-order valence-corrected chi connectivity index (χ2v) is 15.6. The summed E-state index contributed by atoms with van der Waals surface area (Å²) in [5.41, 5.74) is 13.9. The van der Waals surface area contributed by atoms with E-state index in [9.17, 15) is 0 Å². The van der Waals surface area contributed by atoms with E-state index in [-0.39, 0.29) is 5.41 Å². The van der Waals surface area contributed by atoms with Crippen molar-refractivity contribution in [1.29, 1.82) is 0 Å². The summed E-state index contributed by atoms with van der Waals surface area (Å²) in [5, 5.41) is 5.31. The van der Waals surface area contributed by atoms with Gasteiger partial charge in [-0.25, -0.2) is 9.97 Å². The van der Waals surface area contributed by atoms with Gasteiger partial charge in [-0.15, -0.1) is 11.3 Å². The molecule has 0 unspecified atom stereocenters. The van der Waals surface area contributed by atoms with E-state index in [0.717, 1.165) is 39.6 Å². The Balaban J connectivity index is 1.18.